The van der Waals surface area contributed by atoms with Gasteiger partial charge in [-0.05, 0) is 31.2 Å². The molecule has 4 nitrogen and oxygen atoms in total. The third kappa shape index (κ3) is 2.59. The molecular formula is C13H16ClN3O. The molecule has 2 aromatic rings. The van der Waals surface area contributed by atoms with Crippen molar-refractivity contribution in [1.29, 1.82) is 0 Å². The van der Waals surface area contributed by atoms with Gasteiger partial charge < -0.3 is 10.1 Å². The van der Waals surface area contributed by atoms with E-state index in [1.807, 2.05) is 36.0 Å². The molecule has 0 radical (unpaired) electrons. The van der Waals surface area contributed by atoms with Crippen molar-refractivity contribution in [1.82, 2.24) is 9.78 Å². The number of benzene rings is 1. The molecule has 1 unspecified atom stereocenters. The second-order valence-electron chi connectivity index (χ2n) is 4.10. The topological polar surface area (TPSA) is 39.1 Å². The van der Waals surface area contributed by atoms with Gasteiger partial charge in [-0.15, -0.1) is 0 Å². The molecule has 0 amide bonds. The summed E-state index contributed by atoms with van der Waals surface area (Å²) in [6.07, 6.45) is 1.79. The fourth-order valence-electron chi connectivity index (χ4n) is 1.89. The molecular weight excluding hydrogens is 250 g/mol. The van der Waals surface area contributed by atoms with E-state index in [1.54, 1.807) is 13.3 Å². The molecule has 1 N–H and O–H groups in total. The average molecular weight is 266 g/mol. The lowest BCUT2D eigenvalue weighted by Crippen LogP contribution is -2.11. The number of aromatic nitrogens is 2. The van der Waals surface area contributed by atoms with Crippen molar-refractivity contribution in [2.75, 3.05) is 12.4 Å². The quantitative estimate of drug-likeness (QED) is 0.922. The van der Waals surface area contributed by atoms with E-state index in [4.69, 9.17) is 16.3 Å². The number of nitrogens with one attached hydrogen (secondary N) is 1. The highest BCUT2D eigenvalue weighted by molar-refractivity contribution is 6.32. The van der Waals surface area contributed by atoms with Crippen LogP contribution in [0.3, 0.4) is 0 Å². The van der Waals surface area contributed by atoms with Crippen LogP contribution < -0.4 is 10.1 Å². The Morgan fingerprint density at radius 1 is 1.39 bits per heavy atom. The predicted octanol–water partition coefficient (Wildman–Crippen LogP) is 3.26. The molecule has 1 aromatic heterocycles. The second kappa shape index (κ2) is 5.31. The van der Waals surface area contributed by atoms with Crippen LogP contribution in [0.15, 0.2) is 30.5 Å². The number of anilines is 1. The monoisotopic (exact) mass is 265 g/mol. The fourth-order valence-corrected chi connectivity index (χ4v) is 2.15. The molecule has 2 rings (SSSR count). The lowest BCUT2D eigenvalue weighted by molar-refractivity contribution is 0.415. The number of rotatable bonds is 4. The van der Waals surface area contributed by atoms with Crippen molar-refractivity contribution in [3.05, 3.63) is 41.2 Å². The fraction of sp³-hybridized carbons (Fsp3) is 0.308. The molecule has 0 aliphatic carbocycles. The van der Waals surface area contributed by atoms with Gasteiger partial charge in [-0.2, -0.15) is 5.10 Å². The lowest BCUT2D eigenvalue weighted by Gasteiger charge is -2.16. The maximum absolute atomic E-state index is 6.09. The van der Waals surface area contributed by atoms with Gasteiger partial charge in [0.25, 0.3) is 0 Å². The lowest BCUT2D eigenvalue weighted by atomic mass is 10.2. The van der Waals surface area contributed by atoms with Gasteiger partial charge in [-0.3, -0.25) is 4.68 Å². The average Bonchev–Trinajstić information content (AvgIpc) is 2.76. The van der Waals surface area contributed by atoms with Crippen LogP contribution in [0.2, 0.25) is 5.02 Å². The van der Waals surface area contributed by atoms with E-state index in [-0.39, 0.29) is 6.04 Å². The van der Waals surface area contributed by atoms with Gasteiger partial charge in [0.05, 0.1) is 23.9 Å². The molecule has 96 valence electrons. The molecule has 0 saturated heterocycles. The van der Waals surface area contributed by atoms with E-state index in [0.29, 0.717) is 10.8 Å². The minimum Gasteiger partial charge on any atom is -0.495 e. The van der Waals surface area contributed by atoms with Gasteiger partial charge in [0.2, 0.25) is 0 Å². The van der Waals surface area contributed by atoms with Gasteiger partial charge in [0, 0.05) is 18.9 Å². The summed E-state index contributed by atoms with van der Waals surface area (Å²) >= 11 is 6.09. The van der Waals surface area contributed by atoms with Crippen LogP contribution >= 0.6 is 11.6 Å². The minimum atomic E-state index is 0.155. The van der Waals surface area contributed by atoms with Crippen molar-refractivity contribution in [3.8, 4) is 5.75 Å². The Morgan fingerprint density at radius 3 is 2.72 bits per heavy atom. The van der Waals surface area contributed by atoms with Gasteiger partial charge >= 0.3 is 0 Å². The Hall–Kier alpha value is -1.68. The Labute approximate surface area is 112 Å². The van der Waals surface area contributed by atoms with Crippen molar-refractivity contribution in [2.24, 2.45) is 7.05 Å². The SMILES string of the molecule is COc1ccc(NC(C)c2ccnn2C)cc1Cl. The summed E-state index contributed by atoms with van der Waals surface area (Å²) in [4.78, 5) is 0. The molecule has 0 bridgehead atoms. The number of hydrogen-bond donors (Lipinski definition) is 1. The summed E-state index contributed by atoms with van der Waals surface area (Å²) in [7, 11) is 3.53. The molecule has 1 heterocycles. The first kappa shape index (κ1) is 12.8. The Bertz CT molecular complexity index is 539. The third-order valence-electron chi connectivity index (χ3n) is 2.84. The molecule has 0 spiro atoms. The van der Waals surface area contributed by atoms with Crippen molar-refractivity contribution >= 4 is 17.3 Å². The van der Waals surface area contributed by atoms with Gasteiger partial charge in [0.1, 0.15) is 5.75 Å². The van der Waals surface area contributed by atoms with E-state index < -0.39 is 0 Å². The van der Waals surface area contributed by atoms with Crippen LogP contribution in [-0.4, -0.2) is 16.9 Å². The maximum atomic E-state index is 6.09. The van der Waals surface area contributed by atoms with Gasteiger partial charge in [0.15, 0.2) is 0 Å². The van der Waals surface area contributed by atoms with Crippen LogP contribution in [0, 0.1) is 0 Å². The first-order valence-electron chi connectivity index (χ1n) is 5.70. The maximum Gasteiger partial charge on any atom is 0.137 e. The minimum absolute atomic E-state index is 0.155. The molecule has 0 aliphatic rings. The second-order valence-corrected chi connectivity index (χ2v) is 4.50. The van der Waals surface area contributed by atoms with Crippen molar-refractivity contribution < 1.29 is 4.74 Å². The first-order chi connectivity index (χ1) is 8.61. The molecule has 18 heavy (non-hydrogen) atoms. The van der Waals surface area contributed by atoms with Crippen LogP contribution in [0.1, 0.15) is 18.7 Å². The summed E-state index contributed by atoms with van der Waals surface area (Å²) in [6, 6.07) is 7.79. The van der Waals surface area contributed by atoms with Gasteiger partial charge in [-0.25, -0.2) is 0 Å². The van der Waals surface area contributed by atoms with Crippen molar-refractivity contribution in [3.63, 3.8) is 0 Å². The summed E-state index contributed by atoms with van der Waals surface area (Å²) in [6.45, 7) is 2.08. The Balaban J connectivity index is 2.15. The Kier molecular flexibility index (Phi) is 3.77. The smallest absolute Gasteiger partial charge is 0.137 e. The zero-order valence-electron chi connectivity index (χ0n) is 10.6. The number of ether oxygens (including phenoxy) is 1. The number of hydrogen-bond acceptors (Lipinski definition) is 3. The van der Waals surface area contributed by atoms with Crippen LogP contribution in [-0.2, 0) is 7.05 Å². The predicted molar refractivity (Wildman–Crippen MR) is 73.2 cm³/mol. The Morgan fingerprint density at radius 2 is 2.17 bits per heavy atom. The number of methoxy groups -OCH3 is 1. The zero-order chi connectivity index (χ0) is 13.1. The zero-order valence-corrected chi connectivity index (χ0v) is 11.4. The normalized spacial score (nSPS) is 12.2. The standard InChI is InChI=1S/C13H16ClN3O/c1-9(12-6-7-15-17(12)2)16-10-4-5-13(18-3)11(14)8-10/h4-9,16H,1-3H3. The highest BCUT2D eigenvalue weighted by Crippen LogP contribution is 2.28. The summed E-state index contributed by atoms with van der Waals surface area (Å²) in [5, 5.41) is 8.13. The van der Waals surface area contributed by atoms with Crippen LogP contribution in [0.5, 0.6) is 5.75 Å². The number of halogens is 1. The third-order valence-corrected chi connectivity index (χ3v) is 3.13. The number of nitrogens with zero attached hydrogens (tertiary/aromatic N) is 2. The summed E-state index contributed by atoms with van der Waals surface area (Å²) in [5.41, 5.74) is 2.07. The van der Waals surface area contributed by atoms with E-state index in [1.165, 1.54) is 0 Å². The van der Waals surface area contributed by atoms with E-state index >= 15 is 0 Å². The van der Waals surface area contributed by atoms with E-state index in [9.17, 15) is 0 Å². The van der Waals surface area contributed by atoms with Gasteiger partial charge in [-0.1, -0.05) is 11.6 Å². The molecule has 1 aromatic carbocycles. The first-order valence-corrected chi connectivity index (χ1v) is 6.07. The molecule has 5 heteroatoms. The number of aryl methyl sites for hydroxylation is 1. The molecule has 0 aliphatic heterocycles. The van der Waals surface area contributed by atoms with Crippen LogP contribution in [0.25, 0.3) is 0 Å². The summed E-state index contributed by atoms with van der Waals surface area (Å²) < 4.78 is 6.97. The summed E-state index contributed by atoms with van der Waals surface area (Å²) in [5.74, 6) is 0.676. The van der Waals surface area contributed by atoms with Crippen LogP contribution in [0.4, 0.5) is 5.69 Å². The van der Waals surface area contributed by atoms with Crippen molar-refractivity contribution in [2.45, 2.75) is 13.0 Å². The molecule has 1 atom stereocenters. The van der Waals surface area contributed by atoms with E-state index in [0.717, 1.165) is 11.4 Å². The molecule has 0 fully saturated rings. The van der Waals surface area contributed by atoms with E-state index in [2.05, 4.69) is 17.3 Å². The highest BCUT2D eigenvalue weighted by Gasteiger charge is 2.10. The highest BCUT2D eigenvalue weighted by atomic mass is 35.5. The largest absolute Gasteiger partial charge is 0.495 e. The molecule has 0 saturated carbocycles.